The molecular formula is C15H10N2O3. The predicted molar refractivity (Wildman–Crippen MR) is 74.7 cm³/mol. The van der Waals surface area contributed by atoms with Crippen molar-refractivity contribution >= 4 is 22.8 Å². The SMILES string of the molecule is O=C(Nc1nc2ccccc2c(=O)o1)c1ccccc1. The van der Waals surface area contributed by atoms with Crippen molar-refractivity contribution in [3.05, 3.63) is 70.6 Å². The van der Waals surface area contributed by atoms with Crippen LogP contribution in [0.1, 0.15) is 10.4 Å². The Hall–Kier alpha value is -2.95. The molecule has 0 saturated carbocycles. The average Bonchev–Trinajstić information content (AvgIpc) is 2.48. The maximum atomic E-state index is 11.9. The molecule has 0 unspecified atom stereocenters. The fourth-order valence-corrected chi connectivity index (χ4v) is 1.83. The Morgan fingerprint density at radius 1 is 1.00 bits per heavy atom. The lowest BCUT2D eigenvalue weighted by atomic mass is 10.2. The third kappa shape index (κ3) is 2.29. The third-order valence-corrected chi connectivity index (χ3v) is 2.79. The monoisotopic (exact) mass is 266 g/mol. The number of nitrogens with one attached hydrogen (secondary N) is 1. The van der Waals surface area contributed by atoms with Gasteiger partial charge in [0.25, 0.3) is 5.91 Å². The Morgan fingerprint density at radius 3 is 2.50 bits per heavy atom. The molecule has 0 aliphatic carbocycles. The molecular weight excluding hydrogens is 256 g/mol. The zero-order valence-electron chi connectivity index (χ0n) is 10.4. The summed E-state index contributed by atoms with van der Waals surface area (Å²) in [5, 5.41) is 2.85. The van der Waals surface area contributed by atoms with E-state index in [1.54, 1.807) is 48.5 Å². The molecule has 5 heteroatoms. The summed E-state index contributed by atoms with van der Waals surface area (Å²) in [5.41, 5.74) is 0.413. The largest absolute Gasteiger partial charge is 0.388 e. The van der Waals surface area contributed by atoms with E-state index in [-0.39, 0.29) is 11.9 Å². The number of para-hydroxylation sites is 1. The molecule has 1 heterocycles. The number of fused-ring (bicyclic) bond motifs is 1. The van der Waals surface area contributed by atoms with E-state index in [2.05, 4.69) is 10.3 Å². The highest BCUT2D eigenvalue weighted by Gasteiger charge is 2.10. The molecule has 3 aromatic rings. The van der Waals surface area contributed by atoms with Crippen LogP contribution in [0.5, 0.6) is 0 Å². The first-order chi connectivity index (χ1) is 9.74. The lowest BCUT2D eigenvalue weighted by Gasteiger charge is -2.03. The normalized spacial score (nSPS) is 10.4. The van der Waals surface area contributed by atoms with Crippen LogP contribution in [0.3, 0.4) is 0 Å². The van der Waals surface area contributed by atoms with Gasteiger partial charge in [-0.25, -0.2) is 4.79 Å². The first-order valence-corrected chi connectivity index (χ1v) is 6.00. The molecule has 0 saturated heterocycles. The molecule has 3 rings (SSSR count). The van der Waals surface area contributed by atoms with Gasteiger partial charge in [0.15, 0.2) is 0 Å². The molecule has 0 atom stereocenters. The van der Waals surface area contributed by atoms with E-state index in [0.29, 0.717) is 16.5 Å². The van der Waals surface area contributed by atoms with Gasteiger partial charge in [0, 0.05) is 5.56 Å². The Morgan fingerprint density at radius 2 is 1.70 bits per heavy atom. The zero-order chi connectivity index (χ0) is 13.9. The fourth-order valence-electron chi connectivity index (χ4n) is 1.83. The van der Waals surface area contributed by atoms with Crippen LogP contribution in [0.15, 0.2) is 63.8 Å². The Kier molecular flexibility index (Phi) is 3.01. The third-order valence-electron chi connectivity index (χ3n) is 2.79. The van der Waals surface area contributed by atoms with E-state index in [4.69, 9.17) is 4.42 Å². The summed E-state index contributed by atoms with van der Waals surface area (Å²) in [6.07, 6.45) is 0. The Bertz CT molecular complexity index is 825. The van der Waals surface area contributed by atoms with E-state index < -0.39 is 5.63 Å². The van der Waals surface area contributed by atoms with Crippen molar-refractivity contribution in [2.75, 3.05) is 5.32 Å². The highest BCUT2D eigenvalue weighted by atomic mass is 16.4. The van der Waals surface area contributed by atoms with Crippen LogP contribution in [0.25, 0.3) is 10.9 Å². The number of aromatic nitrogens is 1. The second-order valence-corrected chi connectivity index (χ2v) is 4.14. The second-order valence-electron chi connectivity index (χ2n) is 4.14. The highest BCUT2D eigenvalue weighted by molar-refractivity contribution is 6.03. The zero-order valence-corrected chi connectivity index (χ0v) is 10.4. The van der Waals surface area contributed by atoms with Crippen molar-refractivity contribution in [1.29, 1.82) is 0 Å². The van der Waals surface area contributed by atoms with Crippen LogP contribution in [-0.4, -0.2) is 10.9 Å². The number of rotatable bonds is 2. The van der Waals surface area contributed by atoms with E-state index in [1.807, 2.05) is 6.07 Å². The second kappa shape index (κ2) is 4.97. The van der Waals surface area contributed by atoms with Crippen LogP contribution in [0.2, 0.25) is 0 Å². The minimum Gasteiger partial charge on any atom is -0.388 e. The van der Waals surface area contributed by atoms with E-state index >= 15 is 0 Å². The van der Waals surface area contributed by atoms with E-state index in [9.17, 15) is 9.59 Å². The van der Waals surface area contributed by atoms with Gasteiger partial charge in [0.05, 0.1) is 10.9 Å². The van der Waals surface area contributed by atoms with Gasteiger partial charge in [-0.3, -0.25) is 10.1 Å². The minimum atomic E-state index is -0.529. The van der Waals surface area contributed by atoms with Crippen molar-refractivity contribution in [3.63, 3.8) is 0 Å². The molecule has 1 aromatic heterocycles. The smallest absolute Gasteiger partial charge is 0.348 e. The molecule has 5 nitrogen and oxygen atoms in total. The van der Waals surface area contributed by atoms with Gasteiger partial charge in [-0.05, 0) is 24.3 Å². The summed E-state index contributed by atoms with van der Waals surface area (Å²) in [4.78, 5) is 27.8. The molecule has 0 bridgehead atoms. The Labute approximate surface area is 113 Å². The summed E-state index contributed by atoms with van der Waals surface area (Å²) in [6, 6.07) is 15.3. The number of nitrogens with zero attached hydrogens (tertiary/aromatic N) is 1. The number of carbonyl (C=O) groups is 1. The molecule has 0 aliphatic heterocycles. The number of hydrogen-bond donors (Lipinski definition) is 1. The van der Waals surface area contributed by atoms with E-state index in [0.717, 1.165) is 0 Å². The van der Waals surface area contributed by atoms with Crippen LogP contribution in [0.4, 0.5) is 6.01 Å². The minimum absolute atomic E-state index is 0.109. The number of hydrogen-bond acceptors (Lipinski definition) is 4. The summed E-state index contributed by atoms with van der Waals surface area (Å²) in [7, 11) is 0. The van der Waals surface area contributed by atoms with Crippen LogP contribution < -0.4 is 10.9 Å². The van der Waals surface area contributed by atoms with Crippen LogP contribution >= 0.6 is 0 Å². The lowest BCUT2D eigenvalue weighted by Crippen LogP contribution is -2.15. The van der Waals surface area contributed by atoms with Gasteiger partial charge >= 0.3 is 11.6 Å². The number of carbonyl (C=O) groups excluding carboxylic acids is 1. The van der Waals surface area contributed by atoms with Crippen LogP contribution in [-0.2, 0) is 0 Å². The molecule has 98 valence electrons. The molecule has 0 fully saturated rings. The maximum Gasteiger partial charge on any atom is 0.348 e. The summed E-state index contributed by atoms with van der Waals surface area (Å²) in [6.45, 7) is 0. The quantitative estimate of drug-likeness (QED) is 0.773. The average molecular weight is 266 g/mol. The van der Waals surface area contributed by atoms with Crippen molar-refractivity contribution in [3.8, 4) is 0 Å². The van der Waals surface area contributed by atoms with Gasteiger partial charge < -0.3 is 4.42 Å². The summed E-state index contributed by atoms with van der Waals surface area (Å²) in [5.74, 6) is -0.378. The van der Waals surface area contributed by atoms with Crippen molar-refractivity contribution in [1.82, 2.24) is 4.98 Å². The maximum absolute atomic E-state index is 11.9. The van der Waals surface area contributed by atoms with Crippen molar-refractivity contribution in [2.24, 2.45) is 0 Å². The van der Waals surface area contributed by atoms with Crippen molar-refractivity contribution < 1.29 is 9.21 Å². The van der Waals surface area contributed by atoms with E-state index in [1.165, 1.54) is 0 Å². The fraction of sp³-hybridized carbons (Fsp3) is 0. The van der Waals surface area contributed by atoms with Gasteiger partial charge in [0.2, 0.25) is 0 Å². The number of amides is 1. The summed E-state index contributed by atoms with van der Waals surface area (Å²) >= 11 is 0. The van der Waals surface area contributed by atoms with Gasteiger partial charge in [-0.15, -0.1) is 0 Å². The molecule has 0 spiro atoms. The van der Waals surface area contributed by atoms with Crippen molar-refractivity contribution in [2.45, 2.75) is 0 Å². The topological polar surface area (TPSA) is 72.2 Å². The van der Waals surface area contributed by atoms with Gasteiger partial charge in [-0.2, -0.15) is 4.98 Å². The molecule has 0 aliphatic rings. The molecule has 1 N–H and O–H groups in total. The number of benzene rings is 2. The lowest BCUT2D eigenvalue weighted by molar-refractivity contribution is 0.102. The standard InChI is InChI=1S/C15H10N2O3/c18-13(10-6-2-1-3-7-10)17-15-16-12-9-5-4-8-11(12)14(19)20-15/h1-9H,(H,16,17,18). The van der Waals surface area contributed by atoms with Gasteiger partial charge in [-0.1, -0.05) is 30.3 Å². The molecule has 2 aromatic carbocycles. The van der Waals surface area contributed by atoms with Crippen LogP contribution in [0, 0.1) is 0 Å². The number of anilines is 1. The summed E-state index contributed by atoms with van der Waals surface area (Å²) < 4.78 is 4.98. The first-order valence-electron chi connectivity index (χ1n) is 6.00. The first kappa shape index (κ1) is 12.1. The molecule has 20 heavy (non-hydrogen) atoms. The Balaban J connectivity index is 1.96. The molecule has 1 amide bonds. The predicted octanol–water partition coefficient (Wildman–Crippen LogP) is 2.44. The highest BCUT2D eigenvalue weighted by Crippen LogP contribution is 2.11. The van der Waals surface area contributed by atoms with Gasteiger partial charge in [0.1, 0.15) is 0 Å². The molecule has 0 radical (unpaired) electrons.